The van der Waals surface area contributed by atoms with Gasteiger partial charge in [0.05, 0.1) is 14.2 Å². The quantitative estimate of drug-likeness (QED) is 0.759. The molecule has 0 aliphatic rings. The number of nitrogens with two attached hydrogens (primary N) is 1. The Hall–Kier alpha value is -3.48. The van der Waals surface area contributed by atoms with Gasteiger partial charge in [0.25, 0.3) is 5.91 Å². The summed E-state index contributed by atoms with van der Waals surface area (Å²) in [4.78, 5) is 16.1. The van der Waals surface area contributed by atoms with Crippen LogP contribution in [0.25, 0.3) is 11.0 Å². The standard InChI is InChI=1S/C18H16N2O5/c1-23-12-5-6-14(16(9-12)24-2)20-18-13(17(19)22)7-10-3-4-11(21)8-15(10)25-18/h3-9,21H,1-2H3,(H2,19,22). The average molecular weight is 340 g/mol. The second-order valence-electron chi connectivity index (χ2n) is 5.20. The molecule has 25 heavy (non-hydrogen) atoms. The highest BCUT2D eigenvalue weighted by Crippen LogP contribution is 2.31. The fourth-order valence-electron chi connectivity index (χ4n) is 2.35. The van der Waals surface area contributed by atoms with E-state index in [-0.39, 0.29) is 16.9 Å². The summed E-state index contributed by atoms with van der Waals surface area (Å²) >= 11 is 0. The van der Waals surface area contributed by atoms with E-state index in [9.17, 15) is 9.90 Å². The van der Waals surface area contributed by atoms with Crippen LogP contribution in [0.5, 0.6) is 17.2 Å². The molecule has 1 amide bonds. The molecule has 0 saturated carbocycles. The number of rotatable bonds is 4. The van der Waals surface area contributed by atoms with Gasteiger partial charge in [-0.05, 0) is 30.3 Å². The van der Waals surface area contributed by atoms with Gasteiger partial charge in [0.15, 0.2) is 0 Å². The van der Waals surface area contributed by atoms with Crippen LogP contribution < -0.4 is 20.8 Å². The molecule has 2 aromatic carbocycles. The number of hydrogen-bond donors (Lipinski definition) is 2. The van der Waals surface area contributed by atoms with Gasteiger partial charge in [0, 0.05) is 17.5 Å². The van der Waals surface area contributed by atoms with Crippen LogP contribution in [0.3, 0.4) is 0 Å². The van der Waals surface area contributed by atoms with Crippen molar-refractivity contribution in [3.63, 3.8) is 0 Å². The molecule has 0 spiro atoms. The average Bonchev–Trinajstić information content (AvgIpc) is 2.61. The number of benzene rings is 2. The van der Waals surface area contributed by atoms with Crippen molar-refractivity contribution in [2.75, 3.05) is 14.2 Å². The third kappa shape index (κ3) is 3.25. The SMILES string of the molecule is COc1ccc(N=c2oc3cc(O)ccc3cc2C(N)=O)c(OC)c1. The minimum atomic E-state index is -0.676. The number of carbonyl (C=O) groups excluding carboxylic acids is 1. The summed E-state index contributed by atoms with van der Waals surface area (Å²) in [6, 6.07) is 11.2. The lowest BCUT2D eigenvalue weighted by atomic mass is 10.1. The predicted molar refractivity (Wildman–Crippen MR) is 91.2 cm³/mol. The zero-order valence-corrected chi connectivity index (χ0v) is 13.6. The minimum Gasteiger partial charge on any atom is -0.508 e. The van der Waals surface area contributed by atoms with Gasteiger partial charge in [0.2, 0.25) is 5.55 Å². The number of primary amides is 1. The predicted octanol–water partition coefficient (Wildman–Crippen LogP) is 2.49. The van der Waals surface area contributed by atoms with E-state index in [1.807, 2.05) is 0 Å². The number of carbonyl (C=O) groups is 1. The van der Waals surface area contributed by atoms with Crippen LogP contribution >= 0.6 is 0 Å². The maximum Gasteiger partial charge on any atom is 0.254 e. The van der Waals surface area contributed by atoms with Crippen molar-refractivity contribution < 1.29 is 23.8 Å². The Morgan fingerprint density at radius 2 is 1.92 bits per heavy atom. The molecule has 7 heteroatoms. The first-order valence-electron chi connectivity index (χ1n) is 7.35. The Bertz CT molecular complexity index is 1020. The summed E-state index contributed by atoms with van der Waals surface area (Å²) in [6.45, 7) is 0. The van der Waals surface area contributed by atoms with Gasteiger partial charge in [-0.25, -0.2) is 4.99 Å². The van der Waals surface area contributed by atoms with Gasteiger partial charge in [-0.2, -0.15) is 0 Å². The van der Waals surface area contributed by atoms with Crippen molar-refractivity contribution in [2.24, 2.45) is 10.7 Å². The van der Waals surface area contributed by atoms with E-state index in [4.69, 9.17) is 19.6 Å². The van der Waals surface area contributed by atoms with Crippen molar-refractivity contribution in [2.45, 2.75) is 0 Å². The lowest BCUT2D eigenvalue weighted by Crippen LogP contribution is -2.21. The zero-order valence-electron chi connectivity index (χ0n) is 13.6. The molecule has 3 N–H and O–H groups in total. The van der Waals surface area contributed by atoms with E-state index in [1.165, 1.54) is 19.2 Å². The second kappa shape index (κ2) is 6.56. The molecule has 0 bridgehead atoms. The Morgan fingerprint density at radius 1 is 1.12 bits per heavy atom. The molecule has 1 heterocycles. The first kappa shape index (κ1) is 16.4. The van der Waals surface area contributed by atoms with Crippen molar-refractivity contribution in [3.05, 3.63) is 53.6 Å². The number of nitrogens with zero attached hydrogens (tertiary/aromatic N) is 1. The molecule has 1 aromatic heterocycles. The van der Waals surface area contributed by atoms with E-state index in [0.717, 1.165) is 0 Å². The van der Waals surface area contributed by atoms with Crippen LogP contribution in [0.15, 0.2) is 51.9 Å². The summed E-state index contributed by atoms with van der Waals surface area (Å²) < 4.78 is 16.1. The topological polar surface area (TPSA) is 107 Å². The summed E-state index contributed by atoms with van der Waals surface area (Å²) in [6.07, 6.45) is 0. The molecule has 0 unspecified atom stereocenters. The molecule has 3 aromatic rings. The van der Waals surface area contributed by atoms with E-state index in [1.54, 1.807) is 37.4 Å². The van der Waals surface area contributed by atoms with Gasteiger partial charge in [0.1, 0.15) is 34.1 Å². The van der Waals surface area contributed by atoms with Crippen molar-refractivity contribution >= 4 is 22.6 Å². The number of phenols is 1. The second-order valence-corrected chi connectivity index (χ2v) is 5.20. The van der Waals surface area contributed by atoms with E-state index in [2.05, 4.69) is 4.99 Å². The van der Waals surface area contributed by atoms with Crippen LogP contribution in [0, 0.1) is 0 Å². The maximum atomic E-state index is 11.8. The van der Waals surface area contributed by atoms with Gasteiger partial charge in [-0.3, -0.25) is 4.79 Å². The van der Waals surface area contributed by atoms with Crippen LogP contribution in [0.2, 0.25) is 0 Å². The highest BCUT2D eigenvalue weighted by atomic mass is 16.5. The van der Waals surface area contributed by atoms with Gasteiger partial charge >= 0.3 is 0 Å². The third-order valence-corrected chi connectivity index (χ3v) is 3.61. The van der Waals surface area contributed by atoms with E-state index < -0.39 is 5.91 Å². The lowest BCUT2D eigenvalue weighted by Gasteiger charge is -2.07. The Kier molecular flexibility index (Phi) is 4.30. The lowest BCUT2D eigenvalue weighted by molar-refractivity contribution is 0.0996. The van der Waals surface area contributed by atoms with Crippen LogP contribution in [0.1, 0.15) is 10.4 Å². The minimum absolute atomic E-state index is 0.0223. The molecular formula is C18H16N2O5. The summed E-state index contributed by atoms with van der Waals surface area (Å²) in [5.74, 6) is 0.410. The molecule has 0 fully saturated rings. The summed E-state index contributed by atoms with van der Waals surface area (Å²) in [5, 5.41) is 10.2. The Labute approximate surface area is 142 Å². The van der Waals surface area contributed by atoms with Crippen LogP contribution in [-0.2, 0) is 0 Å². The third-order valence-electron chi connectivity index (χ3n) is 3.61. The first-order chi connectivity index (χ1) is 12.0. The van der Waals surface area contributed by atoms with Crippen molar-refractivity contribution in [3.8, 4) is 17.2 Å². The number of phenolic OH excluding ortho intramolecular Hbond substituents is 1. The number of amides is 1. The molecule has 3 rings (SSSR count). The fraction of sp³-hybridized carbons (Fsp3) is 0.111. The molecule has 128 valence electrons. The number of ether oxygens (including phenoxy) is 2. The molecular weight excluding hydrogens is 324 g/mol. The summed E-state index contributed by atoms with van der Waals surface area (Å²) in [7, 11) is 3.04. The smallest absolute Gasteiger partial charge is 0.254 e. The Balaban J connectivity index is 2.27. The molecule has 0 saturated heterocycles. The number of aromatic hydroxyl groups is 1. The highest BCUT2D eigenvalue weighted by molar-refractivity contribution is 5.95. The molecule has 0 atom stereocenters. The van der Waals surface area contributed by atoms with Gasteiger partial charge in [-0.1, -0.05) is 0 Å². The highest BCUT2D eigenvalue weighted by Gasteiger charge is 2.11. The van der Waals surface area contributed by atoms with Crippen molar-refractivity contribution in [1.29, 1.82) is 0 Å². The molecule has 0 radical (unpaired) electrons. The van der Waals surface area contributed by atoms with E-state index >= 15 is 0 Å². The maximum absolute atomic E-state index is 11.8. The monoisotopic (exact) mass is 340 g/mol. The van der Waals surface area contributed by atoms with Crippen molar-refractivity contribution in [1.82, 2.24) is 0 Å². The number of methoxy groups -OCH3 is 2. The normalized spacial score (nSPS) is 11.5. The number of fused-ring (bicyclic) bond motifs is 1. The summed E-state index contributed by atoms with van der Waals surface area (Å²) in [5.41, 5.74) is 6.40. The van der Waals surface area contributed by atoms with Crippen LogP contribution in [-0.4, -0.2) is 25.2 Å². The van der Waals surface area contributed by atoms with Gasteiger partial charge < -0.3 is 24.7 Å². The van der Waals surface area contributed by atoms with E-state index in [0.29, 0.717) is 28.2 Å². The Morgan fingerprint density at radius 3 is 2.60 bits per heavy atom. The number of hydrogen-bond acceptors (Lipinski definition) is 6. The zero-order chi connectivity index (χ0) is 18.0. The largest absolute Gasteiger partial charge is 0.508 e. The first-order valence-corrected chi connectivity index (χ1v) is 7.35. The molecule has 7 nitrogen and oxygen atoms in total. The van der Waals surface area contributed by atoms with Crippen LogP contribution in [0.4, 0.5) is 5.69 Å². The van der Waals surface area contributed by atoms with Gasteiger partial charge in [-0.15, -0.1) is 0 Å². The molecule has 0 aliphatic carbocycles. The molecule has 0 aliphatic heterocycles. The fourth-order valence-corrected chi connectivity index (χ4v) is 2.35.